The van der Waals surface area contributed by atoms with Gasteiger partial charge in [-0.1, -0.05) is 11.6 Å². The zero-order valence-electron chi connectivity index (χ0n) is 10.6. The fourth-order valence-corrected chi connectivity index (χ4v) is 3.22. The minimum atomic E-state index is -3.71. The molecular weight excluding hydrogens is 288 g/mol. The topological polar surface area (TPSA) is 90.2 Å². The van der Waals surface area contributed by atoms with Gasteiger partial charge in [-0.2, -0.15) is 5.26 Å². The van der Waals surface area contributed by atoms with Crippen LogP contribution in [0.3, 0.4) is 0 Å². The summed E-state index contributed by atoms with van der Waals surface area (Å²) < 4.78 is 26.5. The van der Waals surface area contributed by atoms with E-state index in [0.717, 1.165) is 0 Å². The van der Waals surface area contributed by atoms with E-state index in [1.807, 2.05) is 6.07 Å². The van der Waals surface area contributed by atoms with Gasteiger partial charge in [-0.3, -0.25) is 0 Å². The zero-order valence-corrected chi connectivity index (χ0v) is 12.2. The summed E-state index contributed by atoms with van der Waals surface area (Å²) in [5.41, 5.74) is 0.220. The SMILES string of the molecule is CC(O)CC(C)NS(=O)(=O)c1ccc(C#N)c(Cl)c1. The second-order valence-electron chi connectivity index (χ2n) is 4.36. The highest BCUT2D eigenvalue weighted by Gasteiger charge is 2.19. The van der Waals surface area contributed by atoms with Gasteiger partial charge in [0.1, 0.15) is 6.07 Å². The van der Waals surface area contributed by atoms with E-state index in [1.54, 1.807) is 13.8 Å². The van der Waals surface area contributed by atoms with Crippen LogP contribution in [-0.4, -0.2) is 25.7 Å². The Labute approximate surface area is 117 Å². The Morgan fingerprint density at radius 1 is 1.47 bits per heavy atom. The molecule has 0 fully saturated rings. The van der Waals surface area contributed by atoms with Crippen LogP contribution in [-0.2, 0) is 10.0 Å². The number of nitrogens with one attached hydrogen (secondary N) is 1. The second-order valence-corrected chi connectivity index (χ2v) is 6.48. The van der Waals surface area contributed by atoms with Crippen molar-refractivity contribution in [1.82, 2.24) is 4.72 Å². The number of nitrogens with zero attached hydrogens (tertiary/aromatic N) is 1. The molecule has 0 aromatic heterocycles. The molecule has 1 aromatic rings. The third kappa shape index (κ3) is 4.48. The van der Waals surface area contributed by atoms with Crippen molar-refractivity contribution in [3.05, 3.63) is 28.8 Å². The van der Waals surface area contributed by atoms with Crippen LogP contribution >= 0.6 is 11.6 Å². The average Bonchev–Trinajstić information content (AvgIpc) is 2.26. The Hall–Kier alpha value is -1.13. The van der Waals surface area contributed by atoms with Crippen LogP contribution < -0.4 is 4.72 Å². The molecule has 0 saturated carbocycles. The van der Waals surface area contributed by atoms with Crippen molar-refractivity contribution in [2.45, 2.75) is 37.3 Å². The first-order valence-electron chi connectivity index (χ1n) is 5.66. The van der Waals surface area contributed by atoms with Gasteiger partial charge in [-0.15, -0.1) is 0 Å². The van der Waals surface area contributed by atoms with Crippen LogP contribution in [0.1, 0.15) is 25.8 Å². The lowest BCUT2D eigenvalue weighted by molar-refractivity contribution is 0.175. The molecule has 0 aliphatic carbocycles. The third-order valence-electron chi connectivity index (χ3n) is 2.42. The van der Waals surface area contributed by atoms with E-state index in [4.69, 9.17) is 16.9 Å². The molecule has 19 heavy (non-hydrogen) atoms. The minimum Gasteiger partial charge on any atom is -0.393 e. The van der Waals surface area contributed by atoms with Crippen LogP contribution in [0.5, 0.6) is 0 Å². The molecule has 0 heterocycles. The van der Waals surface area contributed by atoms with Crippen molar-refractivity contribution in [1.29, 1.82) is 5.26 Å². The molecule has 0 aliphatic rings. The molecule has 2 unspecified atom stereocenters. The maximum Gasteiger partial charge on any atom is 0.240 e. The average molecular weight is 303 g/mol. The smallest absolute Gasteiger partial charge is 0.240 e. The Morgan fingerprint density at radius 3 is 2.58 bits per heavy atom. The van der Waals surface area contributed by atoms with Crippen molar-refractivity contribution < 1.29 is 13.5 Å². The predicted molar refractivity (Wildman–Crippen MR) is 72.2 cm³/mol. The summed E-state index contributed by atoms with van der Waals surface area (Å²) in [6.07, 6.45) is -0.286. The molecule has 0 saturated heterocycles. The number of hydrogen-bond donors (Lipinski definition) is 2. The van der Waals surface area contributed by atoms with E-state index in [-0.39, 0.29) is 15.5 Å². The maximum atomic E-state index is 12.0. The summed E-state index contributed by atoms with van der Waals surface area (Å²) >= 11 is 5.80. The normalized spacial score (nSPS) is 14.7. The highest BCUT2D eigenvalue weighted by molar-refractivity contribution is 7.89. The van der Waals surface area contributed by atoms with Crippen molar-refractivity contribution in [2.75, 3.05) is 0 Å². The van der Waals surface area contributed by atoms with Crippen LogP contribution in [0.15, 0.2) is 23.1 Å². The number of aliphatic hydroxyl groups excluding tert-OH is 1. The molecule has 2 atom stereocenters. The predicted octanol–water partition coefficient (Wildman–Crippen LogP) is 1.65. The van der Waals surface area contributed by atoms with Crippen LogP contribution in [0.2, 0.25) is 5.02 Å². The van der Waals surface area contributed by atoms with Crippen LogP contribution in [0.25, 0.3) is 0 Å². The summed E-state index contributed by atoms with van der Waals surface area (Å²) in [6.45, 7) is 3.25. The van der Waals surface area contributed by atoms with Gasteiger partial charge in [0.15, 0.2) is 0 Å². The van der Waals surface area contributed by atoms with E-state index in [0.29, 0.717) is 6.42 Å². The van der Waals surface area contributed by atoms with Gasteiger partial charge < -0.3 is 5.11 Å². The first-order chi connectivity index (χ1) is 8.76. The fraction of sp³-hybridized carbons (Fsp3) is 0.417. The Kier molecular flexibility index (Phi) is 5.32. The standard InChI is InChI=1S/C12H15ClN2O3S/c1-8(5-9(2)16)15-19(17,18)11-4-3-10(7-14)12(13)6-11/h3-4,6,8-9,15-16H,5H2,1-2H3. The highest BCUT2D eigenvalue weighted by Crippen LogP contribution is 2.20. The number of nitriles is 1. The molecule has 1 rings (SSSR count). The summed E-state index contributed by atoms with van der Waals surface area (Å²) in [4.78, 5) is -0.00561. The first-order valence-corrected chi connectivity index (χ1v) is 7.52. The summed E-state index contributed by atoms with van der Waals surface area (Å²) in [5, 5.41) is 18.0. The first kappa shape index (κ1) is 15.9. The van der Waals surface area contributed by atoms with Gasteiger partial charge in [-0.05, 0) is 38.5 Å². The molecule has 0 amide bonds. The molecule has 2 N–H and O–H groups in total. The van der Waals surface area contributed by atoms with E-state index in [2.05, 4.69) is 4.72 Å². The number of rotatable bonds is 5. The van der Waals surface area contributed by atoms with Crippen molar-refractivity contribution >= 4 is 21.6 Å². The lowest BCUT2D eigenvalue weighted by Crippen LogP contribution is -2.34. The molecule has 7 heteroatoms. The molecule has 5 nitrogen and oxygen atoms in total. The lowest BCUT2D eigenvalue weighted by atomic mass is 10.2. The summed E-state index contributed by atoms with van der Waals surface area (Å²) in [5.74, 6) is 0. The van der Waals surface area contributed by atoms with Crippen molar-refractivity contribution in [2.24, 2.45) is 0 Å². The zero-order chi connectivity index (χ0) is 14.6. The number of hydrogen-bond acceptors (Lipinski definition) is 4. The monoisotopic (exact) mass is 302 g/mol. The van der Waals surface area contributed by atoms with E-state index in [9.17, 15) is 13.5 Å². The number of aliphatic hydroxyl groups is 1. The van der Waals surface area contributed by atoms with Crippen molar-refractivity contribution in [3.63, 3.8) is 0 Å². The third-order valence-corrected chi connectivity index (χ3v) is 4.32. The molecule has 104 valence electrons. The van der Waals surface area contributed by atoms with Gasteiger partial charge >= 0.3 is 0 Å². The van der Waals surface area contributed by atoms with Gasteiger partial charge in [0.25, 0.3) is 0 Å². The van der Waals surface area contributed by atoms with Gasteiger partial charge in [-0.25, -0.2) is 13.1 Å². The minimum absolute atomic E-state index is 0.00561. The lowest BCUT2D eigenvalue weighted by Gasteiger charge is -2.15. The van der Waals surface area contributed by atoms with E-state index >= 15 is 0 Å². The molecule has 0 radical (unpaired) electrons. The van der Waals surface area contributed by atoms with Gasteiger partial charge in [0.05, 0.1) is 21.6 Å². The number of sulfonamides is 1. The largest absolute Gasteiger partial charge is 0.393 e. The Morgan fingerprint density at radius 2 is 2.11 bits per heavy atom. The highest BCUT2D eigenvalue weighted by atomic mass is 35.5. The molecule has 0 aliphatic heterocycles. The van der Waals surface area contributed by atoms with Gasteiger partial charge in [0.2, 0.25) is 10.0 Å². The number of benzene rings is 1. The summed E-state index contributed by atoms with van der Waals surface area (Å²) in [6, 6.07) is 5.37. The van der Waals surface area contributed by atoms with E-state index in [1.165, 1.54) is 18.2 Å². The van der Waals surface area contributed by atoms with Crippen LogP contribution in [0, 0.1) is 11.3 Å². The quantitative estimate of drug-likeness (QED) is 0.865. The second kappa shape index (κ2) is 6.35. The Bertz CT molecular complexity index is 593. The number of halogens is 1. The Balaban J connectivity index is 2.95. The van der Waals surface area contributed by atoms with E-state index < -0.39 is 22.2 Å². The summed E-state index contributed by atoms with van der Waals surface area (Å²) in [7, 11) is -3.71. The molecule has 1 aromatic carbocycles. The van der Waals surface area contributed by atoms with Gasteiger partial charge in [0, 0.05) is 6.04 Å². The molecule has 0 bridgehead atoms. The maximum absolute atomic E-state index is 12.0. The fourth-order valence-electron chi connectivity index (χ4n) is 1.65. The molecular formula is C12H15ClN2O3S. The van der Waals surface area contributed by atoms with Crippen LogP contribution in [0.4, 0.5) is 0 Å². The molecule has 0 spiro atoms. The van der Waals surface area contributed by atoms with Crippen molar-refractivity contribution in [3.8, 4) is 6.07 Å².